The van der Waals surface area contributed by atoms with Gasteiger partial charge in [-0.2, -0.15) is 0 Å². The summed E-state index contributed by atoms with van der Waals surface area (Å²) in [5.74, 6) is 0.264. The van der Waals surface area contributed by atoms with Gasteiger partial charge in [0.1, 0.15) is 6.04 Å². The van der Waals surface area contributed by atoms with E-state index >= 15 is 0 Å². The first-order valence-electron chi connectivity index (χ1n) is 7.79. The Balaban J connectivity index is 1.62. The molecule has 3 rings (SSSR count). The number of benzene rings is 1. The molecule has 1 aliphatic rings. The SMILES string of the molecule is Cc1cc(C)nc(Nc2ccc(NC(=O)C3CCC(=O)N3)cc2)n1. The highest BCUT2D eigenvalue weighted by atomic mass is 16.2. The van der Waals surface area contributed by atoms with Crippen LogP contribution in [0, 0.1) is 13.8 Å². The molecular formula is C17H19N5O2. The van der Waals surface area contributed by atoms with Crippen LogP contribution in [0.5, 0.6) is 0 Å². The van der Waals surface area contributed by atoms with Crippen LogP contribution < -0.4 is 16.0 Å². The van der Waals surface area contributed by atoms with Crippen molar-refractivity contribution >= 4 is 29.1 Å². The van der Waals surface area contributed by atoms with Gasteiger partial charge in [-0.3, -0.25) is 9.59 Å². The molecule has 0 radical (unpaired) electrons. The molecule has 1 fully saturated rings. The number of aromatic nitrogens is 2. The van der Waals surface area contributed by atoms with Crippen LogP contribution >= 0.6 is 0 Å². The van der Waals surface area contributed by atoms with E-state index in [1.165, 1.54) is 0 Å². The van der Waals surface area contributed by atoms with Crippen LogP contribution in [0.3, 0.4) is 0 Å². The third kappa shape index (κ3) is 3.87. The molecule has 2 heterocycles. The first-order chi connectivity index (χ1) is 11.5. The number of nitrogens with zero attached hydrogens (tertiary/aromatic N) is 2. The Labute approximate surface area is 139 Å². The number of amides is 2. The lowest BCUT2D eigenvalue weighted by molar-refractivity contribution is -0.122. The summed E-state index contributed by atoms with van der Waals surface area (Å²) in [5, 5.41) is 8.58. The molecule has 2 amide bonds. The molecule has 1 atom stereocenters. The summed E-state index contributed by atoms with van der Waals surface area (Å²) in [6.07, 6.45) is 0.936. The standard InChI is InChI=1S/C17H19N5O2/c1-10-9-11(2)19-17(18-10)21-13-5-3-12(4-6-13)20-16(24)14-7-8-15(23)22-14/h3-6,9,14H,7-8H2,1-2H3,(H,20,24)(H,22,23)(H,18,19,21). The second kappa shape index (κ2) is 6.66. The lowest BCUT2D eigenvalue weighted by Gasteiger charge is -2.12. The molecule has 3 N–H and O–H groups in total. The van der Waals surface area contributed by atoms with E-state index < -0.39 is 6.04 Å². The molecule has 1 unspecified atom stereocenters. The van der Waals surface area contributed by atoms with Gasteiger partial charge in [0.15, 0.2) is 0 Å². The average molecular weight is 325 g/mol. The number of rotatable bonds is 4. The van der Waals surface area contributed by atoms with E-state index in [1.807, 2.05) is 32.0 Å². The minimum absolute atomic E-state index is 0.0804. The van der Waals surface area contributed by atoms with Gasteiger partial charge in [0, 0.05) is 29.2 Å². The fourth-order valence-corrected chi connectivity index (χ4v) is 2.59. The van der Waals surface area contributed by atoms with Crippen molar-refractivity contribution in [1.82, 2.24) is 15.3 Å². The maximum Gasteiger partial charge on any atom is 0.246 e. The van der Waals surface area contributed by atoms with Gasteiger partial charge in [-0.1, -0.05) is 0 Å². The second-order valence-corrected chi connectivity index (χ2v) is 5.82. The summed E-state index contributed by atoms with van der Waals surface area (Å²) in [7, 11) is 0. The summed E-state index contributed by atoms with van der Waals surface area (Å²) >= 11 is 0. The van der Waals surface area contributed by atoms with Gasteiger partial charge in [-0.25, -0.2) is 9.97 Å². The van der Waals surface area contributed by atoms with Gasteiger partial charge in [0.05, 0.1) is 0 Å². The highest BCUT2D eigenvalue weighted by molar-refractivity contribution is 5.99. The van der Waals surface area contributed by atoms with E-state index in [9.17, 15) is 9.59 Å². The molecule has 0 saturated carbocycles. The Morgan fingerprint density at radius 2 is 1.75 bits per heavy atom. The molecule has 0 spiro atoms. The molecule has 1 aromatic carbocycles. The molecule has 124 valence electrons. The number of aryl methyl sites for hydroxylation is 2. The van der Waals surface area contributed by atoms with Crippen LogP contribution in [-0.2, 0) is 9.59 Å². The zero-order chi connectivity index (χ0) is 17.1. The molecule has 24 heavy (non-hydrogen) atoms. The number of anilines is 3. The molecule has 1 aromatic heterocycles. The van der Waals surface area contributed by atoms with Crippen molar-refractivity contribution in [3.8, 4) is 0 Å². The Kier molecular flexibility index (Phi) is 4.41. The Morgan fingerprint density at radius 3 is 2.33 bits per heavy atom. The lowest BCUT2D eigenvalue weighted by Crippen LogP contribution is -2.37. The first kappa shape index (κ1) is 15.9. The number of hydrogen-bond acceptors (Lipinski definition) is 5. The molecule has 2 aromatic rings. The van der Waals surface area contributed by atoms with Gasteiger partial charge in [0.2, 0.25) is 17.8 Å². The van der Waals surface area contributed by atoms with Crippen LogP contribution in [0.1, 0.15) is 24.2 Å². The van der Waals surface area contributed by atoms with E-state index in [0.29, 0.717) is 24.5 Å². The van der Waals surface area contributed by atoms with Crippen molar-refractivity contribution in [1.29, 1.82) is 0 Å². The minimum Gasteiger partial charge on any atom is -0.344 e. The van der Waals surface area contributed by atoms with Crippen LogP contribution in [0.2, 0.25) is 0 Å². The largest absolute Gasteiger partial charge is 0.344 e. The third-order valence-corrected chi connectivity index (χ3v) is 3.70. The smallest absolute Gasteiger partial charge is 0.246 e. The molecule has 0 aliphatic carbocycles. The highest BCUT2D eigenvalue weighted by Gasteiger charge is 2.26. The van der Waals surface area contributed by atoms with Crippen molar-refractivity contribution in [2.75, 3.05) is 10.6 Å². The van der Waals surface area contributed by atoms with Crippen molar-refractivity contribution in [3.05, 3.63) is 41.7 Å². The summed E-state index contributed by atoms with van der Waals surface area (Å²) in [4.78, 5) is 31.9. The monoisotopic (exact) mass is 325 g/mol. The van der Waals surface area contributed by atoms with Crippen LogP contribution in [0.25, 0.3) is 0 Å². The minimum atomic E-state index is -0.445. The topological polar surface area (TPSA) is 96.0 Å². The maximum absolute atomic E-state index is 12.0. The zero-order valence-corrected chi connectivity index (χ0v) is 13.6. The van der Waals surface area contributed by atoms with Gasteiger partial charge in [-0.15, -0.1) is 0 Å². The number of nitrogens with one attached hydrogen (secondary N) is 3. The number of carbonyl (C=O) groups excluding carboxylic acids is 2. The molecule has 7 nitrogen and oxygen atoms in total. The Morgan fingerprint density at radius 1 is 1.12 bits per heavy atom. The fraction of sp³-hybridized carbons (Fsp3) is 0.294. The van der Waals surface area contributed by atoms with Crippen LogP contribution in [-0.4, -0.2) is 27.8 Å². The molecule has 7 heteroatoms. The van der Waals surface area contributed by atoms with E-state index in [-0.39, 0.29) is 11.8 Å². The van der Waals surface area contributed by atoms with E-state index in [4.69, 9.17) is 0 Å². The summed E-state index contributed by atoms with van der Waals surface area (Å²) in [6.45, 7) is 3.83. The summed E-state index contributed by atoms with van der Waals surface area (Å²) in [5.41, 5.74) is 3.29. The quantitative estimate of drug-likeness (QED) is 0.799. The average Bonchev–Trinajstić information content (AvgIpc) is 2.95. The maximum atomic E-state index is 12.0. The highest BCUT2D eigenvalue weighted by Crippen LogP contribution is 2.18. The van der Waals surface area contributed by atoms with Crippen molar-refractivity contribution < 1.29 is 9.59 Å². The van der Waals surface area contributed by atoms with Crippen molar-refractivity contribution in [2.45, 2.75) is 32.7 Å². The number of carbonyl (C=O) groups is 2. The number of hydrogen-bond donors (Lipinski definition) is 3. The molecule has 0 bridgehead atoms. The Bertz CT molecular complexity index is 753. The van der Waals surface area contributed by atoms with Crippen molar-refractivity contribution in [2.24, 2.45) is 0 Å². The van der Waals surface area contributed by atoms with Crippen molar-refractivity contribution in [3.63, 3.8) is 0 Å². The van der Waals surface area contributed by atoms with Gasteiger partial charge < -0.3 is 16.0 Å². The zero-order valence-electron chi connectivity index (χ0n) is 13.6. The first-order valence-corrected chi connectivity index (χ1v) is 7.79. The van der Waals surface area contributed by atoms with Crippen LogP contribution in [0.15, 0.2) is 30.3 Å². The van der Waals surface area contributed by atoms with Gasteiger partial charge >= 0.3 is 0 Å². The molecule has 1 saturated heterocycles. The Hall–Kier alpha value is -2.96. The fourth-order valence-electron chi connectivity index (χ4n) is 2.59. The third-order valence-electron chi connectivity index (χ3n) is 3.70. The molecule has 1 aliphatic heterocycles. The van der Waals surface area contributed by atoms with Gasteiger partial charge in [-0.05, 0) is 50.6 Å². The summed E-state index contributed by atoms with van der Waals surface area (Å²) in [6, 6.07) is 8.72. The normalized spacial score (nSPS) is 16.6. The van der Waals surface area contributed by atoms with E-state index in [1.54, 1.807) is 12.1 Å². The summed E-state index contributed by atoms with van der Waals surface area (Å²) < 4.78 is 0. The lowest BCUT2D eigenvalue weighted by atomic mass is 10.2. The van der Waals surface area contributed by atoms with E-state index in [0.717, 1.165) is 17.1 Å². The van der Waals surface area contributed by atoms with Crippen LogP contribution in [0.4, 0.5) is 17.3 Å². The van der Waals surface area contributed by atoms with E-state index in [2.05, 4.69) is 25.9 Å². The second-order valence-electron chi connectivity index (χ2n) is 5.82. The predicted molar refractivity (Wildman–Crippen MR) is 91.0 cm³/mol. The molecular weight excluding hydrogens is 306 g/mol. The predicted octanol–water partition coefficient (Wildman–Crippen LogP) is 2.05. The van der Waals surface area contributed by atoms with Gasteiger partial charge in [0.25, 0.3) is 0 Å².